The van der Waals surface area contributed by atoms with Crippen molar-refractivity contribution in [3.05, 3.63) is 65.2 Å². The maximum absolute atomic E-state index is 11.5. The van der Waals surface area contributed by atoms with E-state index in [0.29, 0.717) is 28.1 Å². The zero-order valence-electron chi connectivity index (χ0n) is 20.0. The first kappa shape index (κ1) is 25.2. The van der Waals surface area contributed by atoms with E-state index in [0.717, 1.165) is 11.1 Å². The van der Waals surface area contributed by atoms with Crippen molar-refractivity contribution in [2.45, 2.75) is 51.2 Å². The van der Waals surface area contributed by atoms with Crippen molar-refractivity contribution < 1.29 is 18.7 Å². The smallest absolute Gasteiger partial charge is 0.330 e. The van der Waals surface area contributed by atoms with E-state index in [4.69, 9.17) is 13.9 Å². The normalized spacial score (nSPS) is 12.6. The van der Waals surface area contributed by atoms with Crippen LogP contribution in [0.3, 0.4) is 0 Å². The summed E-state index contributed by atoms with van der Waals surface area (Å²) >= 11 is 0. The van der Waals surface area contributed by atoms with E-state index >= 15 is 0 Å². The Bertz CT molecular complexity index is 999. The fourth-order valence-corrected chi connectivity index (χ4v) is 9.66. The Labute approximate surface area is 192 Å². The monoisotopic (exact) mass is 451 g/mol. The fourth-order valence-electron chi connectivity index (χ4n) is 4.42. The summed E-state index contributed by atoms with van der Waals surface area (Å²) in [4.78, 5) is 11.5. The molecule has 0 saturated heterocycles. The maximum Gasteiger partial charge on any atom is 0.330 e. The largest absolute Gasteiger partial charge is 0.541 e. The van der Waals surface area contributed by atoms with Crippen molar-refractivity contribution in [3.63, 3.8) is 0 Å². The highest BCUT2D eigenvalue weighted by molar-refractivity contribution is 6.78. The second kappa shape index (κ2) is 11.0. The summed E-state index contributed by atoms with van der Waals surface area (Å²) in [5, 5.41) is 9.71. The Morgan fingerprint density at radius 3 is 2.28 bits per heavy atom. The molecule has 0 aromatic heterocycles. The molecule has 0 N–H and O–H groups in total. The van der Waals surface area contributed by atoms with E-state index in [-0.39, 0.29) is 11.5 Å². The second-order valence-electron chi connectivity index (χ2n) is 8.49. The van der Waals surface area contributed by atoms with E-state index < -0.39 is 8.32 Å². The minimum Gasteiger partial charge on any atom is -0.541 e. The number of benzene rings is 2. The van der Waals surface area contributed by atoms with Crippen LogP contribution >= 0.6 is 0 Å². The van der Waals surface area contributed by atoms with Gasteiger partial charge in [-0.05, 0) is 40.4 Å². The number of rotatable bonds is 9. The second-order valence-corrected chi connectivity index (χ2v) is 13.6. The first-order valence-electron chi connectivity index (χ1n) is 10.8. The van der Waals surface area contributed by atoms with Gasteiger partial charge in [0.05, 0.1) is 19.8 Å². The average molecular weight is 452 g/mol. The van der Waals surface area contributed by atoms with Gasteiger partial charge in [0.15, 0.2) is 0 Å². The van der Waals surface area contributed by atoms with Crippen LogP contribution in [0.5, 0.6) is 11.5 Å². The van der Waals surface area contributed by atoms with Crippen molar-refractivity contribution in [2.24, 2.45) is 0 Å². The first-order valence-corrected chi connectivity index (χ1v) is 13.0. The Morgan fingerprint density at radius 2 is 1.72 bits per heavy atom. The van der Waals surface area contributed by atoms with Crippen LogP contribution in [0.4, 0.5) is 0 Å². The van der Waals surface area contributed by atoms with Gasteiger partial charge in [0.1, 0.15) is 17.6 Å². The third-order valence-electron chi connectivity index (χ3n) is 6.10. The van der Waals surface area contributed by atoms with Gasteiger partial charge >= 0.3 is 5.97 Å². The number of methoxy groups -OCH3 is 2. The number of hydrogen-bond acceptors (Lipinski definition) is 5. The standard InChI is InChI=1S/C26H33NO4Si/c1-18(2)32(19(3)4,31-25-13-12-24(29-6)16-23(25)17-27)20(5)22-10-8-9-21(15-22)11-14-26(28)30-7/h8-16,18-20H,1-7H3/b14-11+. The third kappa shape index (κ3) is 5.41. The van der Waals surface area contributed by atoms with Crippen LogP contribution in [0, 0.1) is 11.3 Å². The molecule has 1 atom stereocenters. The number of ether oxygens (including phenoxy) is 2. The van der Waals surface area contributed by atoms with Crippen LogP contribution in [-0.2, 0) is 9.53 Å². The molecule has 2 aromatic carbocycles. The maximum atomic E-state index is 11.5. The summed E-state index contributed by atoms with van der Waals surface area (Å²) < 4.78 is 16.9. The van der Waals surface area contributed by atoms with Gasteiger partial charge in [-0.3, -0.25) is 0 Å². The zero-order valence-corrected chi connectivity index (χ0v) is 21.0. The van der Waals surface area contributed by atoms with Gasteiger partial charge < -0.3 is 13.9 Å². The Hall–Kier alpha value is -3.04. The quantitative estimate of drug-likeness (QED) is 0.256. The molecule has 0 aliphatic heterocycles. The number of nitriles is 1. The zero-order chi connectivity index (χ0) is 23.9. The summed E-state index contributed by atoms with van der Waals surface area (Å²) in [5.74, 6) is 0.854. The fraction of sp³-hybridized carbons (Fsp3) is 0.385. The lowest BCUT2D eigenvalue weighted by molar-refractivity contribution is -0.134. The number of hydrogen-bond donors (Lipinski definition) is 0. The van der Waals surface area contributed by atoms with Crippen LogP contribution in [0.25, 0.3) is 6.08 Å². The summed E-state index contributed by atoms with van der Waals surface area (Å²) in [6.07, 6.45) is 3.18. The molecule has 6 heteroatoms. The lowest BCUT2D eigenvalue weighted by atomic mass is 10.1. The van der Waals surface area contributed by atoms with Gasteiger partial charge in [0.25, 0.3) is 8.32 Å². The summed E-state index contributed by atoms with van der Waals surface area (Å²) in [6.45, 7) is 11.0. The van der Waals surface area contributed by atoms with E-state index in [1.807, 2.05) is 24.3 Å². The van der Waals surface area contributed by atoms with Crippen molar-refractivity contribution in [3.8, 4) is 17.6 Å². The van der Waals surface area contributed by atoms with Gasteiger partial charge in [-0.1, -0.05) is 58.9 Å². The SMILES string of the molecule is COC(=O)/C=C/c1cccc(C(C)[Si](Oc2ccc(OC)cc2C#N)(C(C)C)C(C)C)c1. The minimum atomic E-state index is -2.49. The molecule has 0 fully saturated rings. The van der Waals surface area contributed by atoms with Gasteiger partial charge in [0, 0.05) is 17.7 Å². The molecule has 0 aliphatic rings. The van der Waals surface area contributed by atoms with E-state index in [2.05, 4.69) is 52.8 Å². The number of esters is 1. The molecule has 0 spiro atoms. The molecule has 0 aliphatic carbocycles. The Balaban J connectivity index is 2.53. The van der Waals surface area contributed by atoms with Crippen molar-refractivity contribution in [2.75, 3.05) is 14.2 Å². The van der Waals surface area contributed by atoms with Gasteiger partial charge in [-0.2, -0.15) is 5.26 Å². The van der Waals surface area contributed by atoms with Crippen molar-refractivity contribution in [1.29, 1.82) is 5.26 Å². The third-order valence-corrected chi connectivity index (χ3v) is 12.0. The van der Waals surface area contributed by atoms with E-state index in [9.17, 15) is 10.1 Å². The molecule has 0 heterocycles. The number of carbonyl (C=O) groups excluding carboxylic acids is 1. The molecule has 0 amide bonds. The predicted octanol–water partition coefficient (Wildman–Crippen LogP) is 6.24. The molecular weight excluding hydrogens is 418 g/mol. The van der Waals surface area contributed by atoms with Crippen LogP contribution in [-0.4, -0.2) is 28.5 Å². The molecule has 0 saturated carbocycles. The summed E-state index contributed by atoms with van der Waals surface area (Å²) in [7, 11) is 0.456. The predicted molar refractivity (Wildman–Crippen MR) is 130 cm³/mol. The molecule has 0 bridgehead atoms. The van der Waals surface area contributed by atoms with E-state index in [1.54, 1.807) is 19.3 Å². The molecule has 5 nitrogen and oxygen atoms in total. The highest BCUT2D eigenvalue weighted by Crippen LogP contribution is 2.45. The Morgan fingerprint density at radius 1 is 1.03 bits per heavy atom. The van der Waals surface area contributed by atoms with Gasteiger partial charge in [-0.25, -0.2) is 4.79 Å². The molecule has 2 aromatic rings. The lowest BCUT2D eigenvalue weighted by Gasteiger charge is -2.44. The highest BCUT2D eigenvalue weighted by atomic mass is 28.4. The lowest BCUT2D eigenvalue weighted by Crippen LogP contribution is -2.53. The number of nitrogens with zero attached hydrogens (tertiary/aromatic N) is 1. The number of carbonyl (C=O) groups is 1. The minimum absolute atomic E-state index is 0.141. The van der Waals surface area contributed by atoms with Gasteiger partial charge in [-0.15, -0.1) is 0 Å². The van der Waals surface area contributed by atoms with Crippen LogP contribution in [0.15, 0.2) is 48.5 Å². The molecule has 170 valence electrons. The Kier molecular flexibility index (Phi) is 8.68. The molecule has 32 heavy (non-hydrogen) atoms. The molecular formula is C26H33NO4Si. The van der Waals surface area contributed by atoms with Crippen molar-refractivity contribution in [1.82, 2.24) is 0 Å². The molecule has 0 radical (unpaired) electrons. The summed E-state index contributed by atoms with van der Waals surface area (Å²) in [6, 6.07) is 15.8. The highest BCUT2D eigenvalue weighted by Gasteiger charge is 2.49. The van der Waals surface area contributed by atoms with E-state index in [1.165, 1.54) is 13.2 Å². The van der Waals surface area contributed by atoms with Crippen LogP contribution in [0.2, 0.25) is 11.1 Å². The van der Waals surface area contributed by atoms with Crippen LogP contribution < -0.4 is 9.16 Å². The topological polar surface area (TPSA) is 68.6 Å². The summed E-state index contributed by atoms with van der Waals surface area (Å²) in [5.41, 5.74) is 3.28. The average Bonchev–Trinajstić information content (AvgIpc) is 2.80. The van der Waals surface area contributed by atoms with Gasteiger partial charge in [0.2, 0.25) is 0 Å². The van der Waals surface area contributed by atoms with Crippen LogP contribution in [0.1, 0.15) is 56.9 Å². The first-order chi connectivity index (χ1) is 15.2. The molecule has 2 rings (SSSR count). The molecule has 1 unspecified atom stereocenters. The van der Waals surface area contributed by atoms with Crippen molar-refractivity contribution >= 4 is 20.4 Å².